The monoisotopic (exact) mass is 355 g/mol. The number of carbonyl (C=O) groups excluding carboxylic acids is 1. The minimum Gasteiger partial charge on any atom is -0.333 e. The van der Waals surface area contributed by atoms with Crippen LogP contribution in [0.5, 0.6) is 0 Å². The highest BCUT2D eigenvalue weighted by Crippen LogP contribution is 2.29. The van der Waals surface area contributed by atoms with Crippen molar-refractivity contribution in [1.82, 2.24) is 25.4 Å². The molecule has 0 bridgehead atoms. The molecule has 1 unspecified atom stereocenters. The van der Waals surface area contributed by atoms with Crippen molar-refractivity contribution in [2.75, 3.05) is 13.6 Å². The summed E-state index contributed by atoms with van der Waals surface area (Å²) in [7, 11) is 1.83. The van der Waals surface area contributed by atoms with Crippen molar-refractivity contribution >= 4 is 29.7 Å². The van der Waals surface area contributed by atoms with E-state index in [1.807, 2.05) is 27.8 Å². The zero-order chi connectivity index (χ0) is 15.9. The molecule has 1 atom stereocenters. The van der Waals surface area contributed by atoms with E-state index >= 15 is 0 Å². The van der Waals surface area contributed by atoms with Crippen LogP contribution in [0.15, 0.2) is 0 Å². The van der Waals surface area contributed by atoms with Gasteiger partial charge in [-0.3, -0.25) is 9.89 Å². The summed E-state index contributed by atoms with van der Waals surface area (Å²) in [6, 6.07) is -0.0115. The molecule has 0 saturated heterocycles. The van der Waals surface area contributed by atoms with Gasteiger partial charge in [-0.2, -0.15) is 5.10 Å². The van der Waals surface area contributed by atoms with E-state index < -0.39 is 0 Å². The average Bonchev–Trinajstić information content (AvgIpc) is 3.08. The maximum Gasteiger partial charge on any atom is 0.274 e. The van der Waals surface area contributed by atoms with Crippen LogP contribution in [0.2, 0.25) is 0 Å². The normalized spacial score (nSPS) is 14.8. The quantitative estimate of drug-likeness (QED) is 0.886. The first-order valence-corrected chi connectivity index (χ1v) is 8.28. The van der Waals surface area contributed by atoms with Gasteiger partial charge in [0.2, 0.25) is 0 Å². The number of aromatic amines is 1. The average molecular weight is 356 g/mol. The van der Waals surface area contributed by atoms with Crippen molar-refractivity contribution in [1.29, 1.82) is 0 Å². The molecule has 0 radical (unpaired) electrons. The lowest BCUT2D eigenvalue weighted by Gasteiger charge is -2.24. The number of aromatic nitrogens is 3. The number of halogens is 1. The summed E-state index contributed by atoms with van der Waals surface area (Å²) in [5.41, 5.74) is 3.62. The van der Waals surface area contributed by atoms with E-state index in [0.29, 0.717) is 12.2 Å². The molecule has 0 saturated carbocycles. The number of hydrogen-bond acceptors (Lipinski definition) is 5. The Morgan fingerprint density at radius 2 is 2.13 bits per heavy atom. The molecule has 8 heteroatoms. The molecule has 2 aromatic rings. The van der Waals surface area contributed by atoms with Gasteiger partial charge in [-0.25, -0.2) is 4.98 Å². The molecule has 126 valence electrons. The SMILES string of the molecule is Cc1nc(C)c(C(C)N(C)C(=O)c2n[nH]c3c2CNCC3)s1.Cl. The van der Waals surface area contributed by atoms with Gasteiger partial charge in [-0.05, 0) is 20.8 Å². The van der Waals surface area contributed by atoms with E-state index in [-0.39, 0.29) is 24.4 Å². The minimum absolute atomic E-state index is 0. The summed E-state index contributed by atoms with van der Waals surface area (Å²) in [5, 5.41) is 11.6. The van der Waals surface area contributed by atoms with Crippen LogP contribution < -0.4 is 5.32 Å². The van der Waals surface area contributed by atoms with Crippen LogP contribution in [0.1, 0.15) is 50.3 Å². The van der Waals surface area contributed by atoms with Crippen LogP contribution in [0.4, 0.5) is 0 Å². The first kappa shape index (κ1) is 17.9. The number of amides is 1. The van der Waals surface area contributed by atoms with Crippen molar-refractivity contribution in [2.24, 2.45) is 0 Å². The van der Waals surface area contributed by atoms with Crippen molar-refractivity contribution in [3.63, 3.8) is 0 Å². The zero-order valence-corrected chi connectivity index (χ0v) is 15.4. The van der Waals surface area contributed by atoms with Crippen LogP contribution >= 0.6 is 23.7 Å². The summed E-state index contributed by atoms with van der Waals surface area (Å²) < 4.78 is 0. The number of hydrogen-bond donors (Lipinski definition) is 2. The lowest BCUT2D eigenvalue weighted by atomic mass is 10.1. The second-order valence-electron chi connectivity index (χ2n) is 5.73. The summed E-state index contributed by atoms with van der Waals surface area (Å²) >= 11 is 1.65. The number of aryl methyl sites for hydroxylation is 2. The van der Waals surface area contributed by atoms with Gasteiger partial charge >= 0.3 is 0 Å². The van der Waals surface area contributed by atoms with Crippen LogP contribution in [-0.2, 0) is 13.0 Å². The highest BCUT2D eigenvalue weighted by atomic mass is 35.5. The maximum atomic E-state index is 12.8. The molecule has 6 nitrogen and oxygen atoms in total. The Morgan fingerprint density at radius 1 is 1.39 bits per heavy atom. The molecule has 0 aliphatic carbocycles. The summed E-state index contributed by atoms with van der Waals surface area (Å²) in [4.78, 5) is 20.2. The fourth-order valence-electron chi connectivity index (χ4n) is 2.86. The zero-order valence-electron chi connectivity index (χ0n) is 13.8. The third kappa shape index (κ3) is 3.27. The fraction of sp³-hybridized carbons (Fsp3) is 0.533. The lowest BCUT2D eigenvalue weighted by molar-refractivity contribution is 0.0737. The molecule has 1 amide bonds. The second kappa shape index (κ2) is 6.98. The molecular formula is C15H22ClN5OS. The number of rotatable bonds is 3. The smallest absolute Gasteiger partial charge is 0.274 e. The number of fused-ring (bicyclic) bond motifs is 1. The van der Waals surface area contributed by atoms with Crippen LogP contribution in [0.25, 0.3) is 0 Å². The number of nitrogens with one attached hydrogen (secondary N) is 2. The standard InChI is InChI=1S/C15H21N5OS.ClH/c1-8-14(22-10(3)17-8)9(2)20(4)15(21)13-11-7-16-6-5-12(11)18-19-13;/h9,16H,5-7H2,1-4H3,(H,18,19);1H. The van der Waals surface area contributed by atoms with Crippen LogP contribution in [-0.4, -0.2) is 39.6 Å². The van der Waals surface area contributed by atoms with E-state index in [1.165, 1.54) is 0 Å². The highest BCUT2D eigenvalue weighted by molar-refractivity contribution is 7.11. The summed E-state index contributed by atoms with van der Waals surface area (Å²) in [6.45, 7) is 7.65. The van der Waals surface area contributed by atoms with E-state index in [2.05, 4.69) is 20.5 Å². The highest BCUT2D eigenvalue weighted by Gasteiger charge is 2.28. The van der Waals surface area contributed by atoms with Gasteiger partial charge in [-0.15, -0.1) is 23.7 Å². The molecule has 2 aromatic heterocycles. The van der Waals surface area contributed by atoms with Crippen LogP contribution in [0, 0.1) is 13.8 Å². The fourth-order valence-corrected chi connectivity index (χ4v) is 3.88. The lowest BCUT2D eigenvalue weighted by Crippen LogP contribution is -2.32. The molecule has 0 spiro atoms. The molecular weight excluding hydrogens is 334 g/mol. The van der Waals surface area contributed by atoms with Gasteiger partial charge in [0.25, 0.3) is 5.91 Å². The minimum atomic E-state index is -0.0425. The Hall–Kier alpha value is -1.44. The van der Waals surface area contributed by atoms with Gasteiger partial charge in [0, 0.05) is 42.7 Å². The molecule has 1 aliphatic heterocycles. The van der Waals surface area contributed by atoms with Gasteiger partial charge in [0.1, 0.15) is 0 Å². The van der Waals surface area contributed by atoms with E-state index in [1.54, 1.807) is 16.2 Å². The molecule has 0 fully saturated rings. The Balaban J connectivity index is 0.00000192. The van der Waals surface area contributed by atoms with Gasteiger partial charge in [0.15, 0.2) is 5.69 Å². The molecule has 2 N–H and O–H groups in total. The topological polar surface area (TPSA) is 73.9 Å². The third-order valence-electron chi connectivity index (χ3n) is 4.23. The van der Waals surface area contributed by atoms with Gasteiger partial charge < -0.3 is 10.2 Å². The second-order valence-corrected chi connectivity index (χ2v) is 6.97. The predicted octanol–water partition coefficient (Wildman–Crippen LogP) is 2.38. The number of carbonyl (C=O) groups is 1. The number of H-pyrrole nitrogens is 1. The Bertz CT molecular complexity index is 711. The molecule has 23 heavy (non-hydrogen) atoms. The molecule has 1 aliphatic rings. The van der Waals surface area contributed by atoms with E-state index in [0.717, 1.165) is 39.8 Å². The van der Waals surface area contributed by atoms with Crippen molar-refractivity contribution in [3.05, 3.63) is 32.5 Å². The van der Waals surface area contributed by atoms with E-state index in [9.17, 15) is 4.79 Å². The third-order valence-corrected chi connectivity index (χ3v) is 5.47. The summed E-state index contributed by atoms with van der Waals surface area (Å²) in [6.07, 6.45) is 0.891. The van der Waals surface area contributed by atoms with Gasteiger partial charge in [-0.1, -0.05) is 0 Å². The van der Waals surface area contributed by atoms with Crippen molar-refractivity contribution in [3.8, 4) is 0 Å². The Kier molecular flexibility index (Phi) is 5.44. The van der Waals surface area contributed by atoms with Crippen molar-refractivity contribution < 1.29 is 4.79 Å². The molecule has 0 aromatic carbocycles. The van der Waals surface area contributed by atoms with Crippen LogP contribution in [0.3, 0.4) is 0 Å². The molecule has 3 rings (SSSR count). The number of thiazole rings is 1. The maximum absolute atomic E-state index is 12.8. The molecule has 3 heterocycles. The summed E-state index contributed by atoms with van der Waals surface area (Å²) in [5.74, 6) is -0.0425. The Labute approximate surface area is 146 Å². The Morgan fingerprint density at radius 3 is 2.78 bits per heavy atom. The largest absolute Gasteiger partial charge is 0.333 e. The van der Waals surface area contributed by atoms with Crippen molar-refractivity contribution in [2.45, 2.75) is 39.8 Å². The van der Waals surface area contributed by atoms with E-state index in [4.69, 9.17) is 0 Å². The number of nitrogens with zero attached hydrogens (tertiary/aromatic N) is 3. The van der Waals surface area contributed by atoms with Gasteiger partial charge in [0.05, 0.1) is 16.7 Å². The first-order chi connectivity index (χ1) is 10.5. The predicted molar refractivity (Wildman–Crippen MR) is 93.3 cm³/mol. The first-order valence-electron chi connectivity index (χ1n) is 7.47.